The number of ether oxygens (including phenoxy) is 2. The van der Waals surface area contributed by atoms with Crippen LogP contribution in [0.5, 0.6) is 5.75 Å². The molecule has 0 aliphatic carbocycles. The van der Waals surface area contributed by atoms with Gasteiger partial charge in [0.25, 0.3) is 5.91 Å². The molecule has 0 fully saturated rings. The number of carbonyl (C=O) groups excluding carboxylic acids is 2. The first-order valence-electron chi connectivity index (χ1n) is 10.4. The van der Waals surface area contributed by atoms with Crippen LogP contribution in [0.25, 0.3) is 0 Å². The van der Waals surface area contributed by atoms with Crippen LogP contribution in [-0.4, -0.2) is 30.7 Å². The summed E-state index contributed by atoms with van der Waals surface area (Å²) in [5, 5.41) is 3.85. The Morgan fingerprint density at radius 1 is 1.06 bits per heavy atom. The van der Waals surface area contributed by atoms with E-state index in [4.69, 9.17) is 44.9 Å². The molecule has 35 heavy (non-hydrogen) atoms. The number of carbonyl (C=O) groups is 2. The minimum atomic E-state index is -0.441. The molecule has 1 N–H and O–H groups in total. The molecule has 182 valence electrons. The van der Waals surface area contributed by atoms with Crippen molar-refractivity contribution in [3.63, 3.8) is 0 Å². The van der Waals surface area contributed by atoms with E-state index in [-0.39, 0.29) is 18.3 Å². The summed E-state index contributed by atoms with van der Waals surface area (Å²) in [5.41, 5.74) is 2.08. The van der Waals surface area contributed by atoms with Gasteiger partial charge < -0.3 is 14.4 Å². The number of hydrogen-bond acceptors (Lipinski definition) is 5. The minimum Gasteiger partial charge on any atom is -0.496 e. The van der Waals surface area contributed by atoms with Crippen molar-refractivity contribution in [2.45, 2.75) is 13.5 Å². The van der Waals surface area contributed by atoms with E-state index in [0.717, 1.165) is 5.56 Å². The topological polar surface area (TPSA) is 67.9 Å². The standard InChI is InChI=1S/C25H21BrCl2N2O4S/c1-3-34-24(32)15-5-9-19(10-6-15)30(14-16-4-8-18(27)13-21(16)28)25(35)29-23(31)20-12-17(26)7-11-22(20)33-2/h4-13H,3,14H2,1-2H3,(H,29,31,35). The van der Waals surface area contributed by atoms with E-state index < -0.39 is 11.9 Å². The van der Waals surface area contributed by atoms with Gasteiger partial charge in [-0.3, -0.25) is 10.1 Å². The minimum absolute atomic E-state index is 0.131. The molecule has 0 aliphatic rings. The second kappa shape index (κ2) is 12.4. The van der Waals surface area contributed by atoms with Gasteiger partial charge in [-0.15, -0.1) is 0 Å². The molecule has 0 unspecified atom stereocenters. The third-order valence-corrected chi connectivity index (χ3v) is 6.31. The number of halogens is 3. The quantitative estimate of drug-likeness (QED) is 0.243. The van der Waals surface area contributed by atoms with Crippen molar-refractivity contribution in [3.8, 4) is 5.75 Å². The van der Waals surface area contributed by atoms with E-state index in [1.165, 1.54) is 7.11 Å². The zero-order chi connectivity index (χ0) is 25.5. The Hall–Kier alpha value is -2.65. The number of anilines is 1. The summed E-state index contributed by atoms with van der Waals surface area (Å²) in [4.78, 5) is 26.8. The highest BCUT2D eigenvalue weighted by Gasteiger charge is 2.20. The maximum atomic E-state index is 13.1. The van der Waals surface area contributed by atoms with Crippen LogP contribution in [0.3, 0.4) is 0 Å². The molecule has 0 aromatic heterocycles. The molecule has 0 aliphatic heterocycles. The van der Waals surface area contributed by atoms with Crippen molar-refractivity contribution in [3.05, 3.63) is 91.9 Å². The highest BCUT2D eigenvalue weighted by Crippen LogP contribution is 2.26. The second-order valence-electron chi connectivity index (χ2n) is 7.19. The van der Waals surface area contributed by atoms with Crippen LogP contribution in [0.1, 0.15) is 33.2 Å². The van der Waals surface area contributed by atoms with Crippen LogP contribution >= 0.6 is 51.3 Å². The molecule has 10 heteroatoms. The van der Waals surface area contributed by atoms with E-state index in [1.807, 2.05) is 0 Å². The van der Waals surface area contributed by atoms with E-state index >= 15 is 0 Å². The average Bonchev–Trinajstić information content (AvgIpc) is 2.83. The summed E-state index contributed by atoms with van der Waals surface area (Å²) in [6, 6.07) is 16.9. The predicted molar refractivity (Wildman–Crippen MR) is 146 cm³/mol. The first kappa shape index (κ1) is 26.9. The molecular formula is C25H21BrCl2N2O4S. The first-order chi connectivity index (χ1) is 16.7. The van der Waals surface area contributed by atoms with Gasteiger partial charge in [0.1, 0.15) is 5.75 Å². The number of benzene rings is 3. The summed E-state index contributed by atoms with van der Waals surface area (Å²) in [5.74, 6) is -0.466. The van der Waals surface area contributed by atoms with Gasteiger partial charge in [-0.25, -0.2) is 4.79 Å². The maximum Gasteiger partial charge on any atom is 0.338 e. The summed E-state index contributed by atoms with van der Waals surface area (Å²) >= 11 is 21.4. The van der Waals surface area contributed by atoms with E-state index in [2.05, 4.69) is 21.2 Å². The fourth-order valence-corrected chi connectivity index (χ4v) is 4.27. The molecular weight excluding hydrogens is 575 g/mol. The Morgan fingerprint density at radius 2 is 1.77 bits per heavy atom. The molecule has 0 saturated carbocycles. The summed E-state index contributed by atoms with van der Waals surface area (Å²) < 4.78 is 11.1. The lowest BCUT2D eigenvalue weighted by atomic mass is 10.1. The fourth-order valence-electron chi connectivity index (χ4n) is 3.18. The summed E-state index contributed by atoms with van der Waals surface area (Å²) in [6.45, 7) is 2.26. The van der Waals surface area contributed by atoms with E-state index in [9.17, 15) is 9.59 Å². The third kappa shape index (κ3) is 6.95. The van der Waals surface area contributed by atoms with Crippen molar-refractivity contribution < 1.29 is 19.1 Å². The van der Waals surface area contributed by atoms with Crippen molar-refractivity contribution in [2.75, 3.05) is 18.6 Å². The monoisotopic (exact) mass is 594 g/mol. The number of thiocarbonyl (C=S) groups is 1. The van der Waals surface area contributed by atoms with Gasteiger partial charge in [0.15, 0.2) is 5.11 Å². The van der Waals surface area contributed by atoms with Crippen LogP contribution in [0.15, 0.2) is 65.1 Å². The lowest BCUT2D eigenvalue weighted by Crippen LogP contribution is -2.42. The summed E-state index contributed by atoms with van der Waals surface area (Å²) in [6.07, 6.45) is 0. The molecule has 0 radical (unpaired) electrons. The molecule has 0 atom stereocenters. The van der Waals surface area contributed by atoms with Gasteiger partial charge in [0.2, 0.25) is 0 Å². The highest BCUT2D eigenvalue weighted by atomic mass is 79.9. The number of nitrogens with zero attached hydrogens (tertiary/aromatic N) is 1. The van der Waals surface area contributed by atoms with Crippen molar-refractivity contribution in [2.24, 2.45) is 0 Å². The first-order valence-corrected chi connectivity index (χ1v) is 12.4. The van der Waals surface area contributed by atoms with Crippen LogP contribution < -0.4 is 15.0 Å². The normalized spacial score (nSPS) is 10.4. The Bertz CT molecular complexity index is 1250. The zero-order valence-electron chi connectivity index (χ0n) is 18.8. The number of amides is 1. The van der Waals surface area contributed by atoms with Gasteiger partial charge in [0, 0.05) is 20.2 Å². The lowest BCUT2D eigenvalue weighted by molar-refractivity contribution is 0.0526. The maximum absolute atomic E-state index is 13.1. The van der Waals surface area contributed by atoms with E-state index in [1.54, 1.807) is 72.5 Å². The Balaban J connectivity index is 1.93. The van der Waals surface area contributed by atoms with Gasteiger partial charge in [-0.1, -0.05) is 45.2 Å². The second-order valence-corrected chi connectivity index (χ2v) is 9.34. The Kier molecular flexibility index (Phi) is 9.51. The predicted octanol–water partition coefficient (Wildman–Crippen LogP) is 6.66. The van der Waals surface area contributed by atoms with Gasteiger partial charge in [-0.2, -0.15) is 0 Å². The lowest BCUT2D eigenvalue weighted by Gasteiger charge is -2.26. The molecule has 3 aromatic rings. The van der Waals surface area contributed by atoms with Gasteiger partial charge >= 0.3 is 5.97 Å². The largest absolute Gasteiger partial charge is 0.496 e. The average molecular weight is 596 g/mol. The molecule has 0 spiro atoms. The number of nitrogens with one attached hydrogen (secondary N) is 1. The fraction of sp³-hybridized carbons (Fsp3) is 0.160. The SMILES string of the molecule is CCOC(=O)c1ccc(N(Cc2ccc(Cl)cc2Cl)C(=S)NC(=O)c2cc(Br)ccc2OC)cc1. The van der Waals surface area contributed by atoms with Crippen LogP contribution in [0.2, 0.25) is 10.0 Å². The molecule has 3 aromatic carbocycles. The van der Waals surface area contributed by atoms with Crippen LogP contribution in [-0.2, 0) is 11.3 Å². The summed E-state index contributed by atoms with van der Waals surface area (Å²) in [7, 11) is 1.48. The zero-order valence-corrected chi connectivity index (χ0v) is 22.7. The molecule has 0 saturated heterocycles. The Labute approximate surface area is 227 Å². The Morgan fingerprint density at radius 3 is 2.40 bits per heavy atom. The number of hydrogen-bond donors (Lipinski definition) is 1. The number of methoxy groups -OCH3 is 1. The van der Waals surface area contributed by atoms with Crippen LogP contribution in [0, 0.1) is 0 Å². The smallest absolute Gasteiger partial charge is 0.338 e. The van der Waals surface area contributed by atoms with Crippen LogP contribution in [0.4, 0.5) is 5.69 Å². The molecule has 0 bridgehead atoms. The molecule has 6 nitrogen and oxygen atoms in total. The van der Waals surface area contributed by atoms with Gasteiger partial charge in [-0.05, 0) is 79.3 Å². The van der Waals surface area contributed by atoms with Gasteiger partial charge in [0.05, 0.1) is 31.4 Å². The molecule has 0 heterocycles. The molecule has 3 rings (SSSR count). The number of esters is 1. The molecule has 1 amide bonds. The third-order valence-electron chi connectivity index (χ3n) is 4.91. The van der Waals surface area contributed by atoms with E-state index in [0.29, 0.717) is 37.1 Å². The highest BCUT2D eigenvalue weighted by molar-refractivity contribution is 9.10. The van der Waals surface area contributed by atoms with Crippen molar-refractivity contribution in [1.29, 1.82) is 0 Å². The van der Waals surface area contributed by atoms with Crippen molar-refractivity contribution >= 4 is 74.0 Å². The number of rotatable bonds is 7. The van der Waals surface area contributed by atoms with Crippen molar-refractivity contribution in [1.82, 2.24) is 5.32 Å².